The smallest absolute Gasteiger partial charge is 0.255 e. The van der Waals surface area contributed by atoms with Gasteiger partial charge in [-0.05, 0) is 12.8 Å². The molecule has 8 heteroatoms. The number of nitrogens with zero attached hydrogens (tertiary/aromatic N) is 1. The number of phenols is 2. The molecule has 3 aromatic rings. The van der Waals surface area contributed by atoms with Crippen molar-refractivity contribution in [3.8, 4) is 11.5 Å². The minimum absolute atomic E-state index is 0.00775. The van der Waals surface area contributed by atoms with E-state index in [9.17, 15) is 24.6 Å². The van der Waals surface area contributed by atoms with Gasteiger partial charge in [0, 0.05) is 35.3 Å². The first kappa shape index (κ1) is 18.8. The number of carbonyl (C=O) groups is 3. The fourth-order valence-electron chi connectivity index (χ4n) is 4.36. The van der Waals surface area contributed by atoms with Crippen LogP contribution in [0.4, 0.5) is 0 Å². The van der Waals surface area contributed by atoms with Gasteiger partial charge in [0.2, 0.25) is 5.78 Å². The molecule has 1 fully saturated rings. The number of hydrogen-bond donors (Lipinski definition) is 3. The Morgan fingerprint density at radius 3 is 2.30 bits per heavy atom. The number of likely N-dealkylation sites (tertiary alicyclic amines) is 1. The van der Waals surface area contributed by atoms with Crippen LogP contribution in [0.2, 0.25) is 0 Å². The number of aromatic hydroxyl groups is 2. The van der Waals surface area contributed by atoms with Gasteiger partial charge in [-0.15, -0.1) is 11.3 Å². The summed E-state index contributed by atoms with van der Waals surface area (Å²) in [5.41, 5.74) is 5.64. The van der Waals surface area contributed by atoms with Gasteiger partial charge in [-0.1, -0.05) is 24.3 Å². The Morgan fingerprint density at radius 1 is 1.03 bits per heavy atom. The van der Waals surface area contributed by atoms with Gasteiger partial charge in [0.05, 0.1) is 27.1 Å². The third kappa shape index (κ3) is 2.50. The number of phenolic OH excluding ortho intramolecular Hbond substituents is 2. The summed E-state index contributed by atoms with van der Waals surface area (Å²) in [6.07, 6.45) is 1.60. The second kappa shape index (κ2) is 6.65. The van der Waals surface area contributed by atoms with Crippen LogP contribution < -0.4 is 5.73 Å². The molecule has 0 radical (unpaired) electrons. The number of hydrogen-bond acceptors (Lipinski definition) is 7. The Kier molecular flexibility index (Phi) is 4.16. The van der Waals surface area contributed by atoms with Crippen LogP contribution >= 0.6 is 11.3 Å². The van der Waals surface area contributed by atoms with Gasteiger partial charge in [0.25, 0.3) is 5.91 Å². The molecule has 1 unspecified atom stereocenters. The van der Waals surface area contributed by atoms with Crippen molar-refractivity contribution in [1.82, 2.24) is 4.90 Å². The lowest BCUT2D eigenvalue weighted by Crippen LogP contribution is -2.46. The first-order valence-electron chi connectivity index (χ1n) is 9.62. The largest absolute Gasteiger partial charge is 0.506 e. The molecule has 30 heavy (non-hydrogen) atoms. The fourth-order valence-corrected chi connectivity index (χ4v) is 5.34. The maximum atomic E-state index is 13.4. The summed E-state index contributed by atoms with van der Waals surface area (Å²) in [4.78, 5) is 41.4. The van der Waals surface area contributed by atoms with Crippen molar-refractivity contribution in [3.05, 3.63) is 56.8 Å². The van der Waals surface area contributed by atoms with Crippen molar-refractivity contribution in [2.45, 2.75) is 18.9 Å². The Balaban J connectivity index is 1.68. The Morgan fingerprint density at radius 2 is 1.67 bits per heavy atom. The molecule has 5 rings (SSSR count). The van der Waals surface area contributed by atoms with Gasteiger partial charge in [-0.2, -0.15) is 0 Å². The first-order chi connectivity index (χ1) is 14.4. The molecule has 1 amide bonds. The quantitative estimate of drug-likeness (QED) is 0.406. The van der Waals surface area contributed by atoms with E-state index in [-0.39, 0.29) is 61.4 Å². The van der Waals surface area contributed by atoms with Crippen LogP contribution in [0.1, 0.15) is 54.4 Å². The molecule has 1 saturated heterocycles. The second-order valence-corrected chi connectivity index (χ2v) is 8.54. The van der Waals surface area contributed by atoms with E-state index in [0.29, 0.717) is 13.1 Å². The summed E-state index contributed by atoms with van der Waals surface area (Å²) >= 11 is 0.999. The number of fused-ring (bicyclic) bond motifs is 3. The summed E-state index contributed by atoms with van der Waals surface area (Å²) in [5, 5.41) is 23.6. The third-order valence-electron chi connectivity index (χ3n) is 5.81. The zero-order chi connectivity index (χ0) is 21.2. The number of benzene rings is 2. The van der Waals surface area contributed by atoms with E-state index in [1.807, 2.05) is 0 Å². The predicted molar refractivity (Wildman–Crippen MR) is 112 cm³/mol. The summed E-state index contributed by atoms with van der Waals surface area (Å²) in [7, 11) is 0. The highest BCUT2D eigenvalue weighted by molar-refractivity contribution is 7.13. The molecule has 2 aliphatic rings. The Hall–Kier alpha value is -3.23. The van der Waals surface area contributed by atoms with E-state index in [0.717, 1.165) is 24.2 Å². The van der Waals surface area contributed by atoms with E-state index in [4.69, 9.17) is 5.73 Å². The summed E-state index contributed by atoms with van der Waals surface area (Å²) in [6, 6.07) is 6.34. The second-order valence-electron chi connectivity index (χ2n) is 7.66. The molecule has 0 spiro atoms. The normalized spacial score (nSPS) is 18.4. The molecule has 1 aliphatic heterocycles. The number of thiophene rings is 1. The zero-order valence-corrected chi connectivity index (χ0v) is 16.7. The van der Waals surface area contributed by atoms with Crippen LogP contribution in [0.3, 0.4) is 0 Å². The third-order valence-corrected chi connectivity index (χ3v) is 6.79. The van der Waals surface area contributed by atoms with Crippen LogP contribution in [-0.4, -0.2) is 51.7 Å². The van der Waals surface area contributed by atoms with E-state index >= 15 is 0 Å². The molecule has 152 valence electrons. The van der Waals surface area contributed by atoms with Crippen molar-refractivity contribution in [3.63, 3.8) is 0 Å². The van der Waals surface area contributed by atoms with Crippen molar-refractivity contribution >= 4 is 39.6 Å². The molecule has 2 aromatic carbocycles. The van der Waals surface area contributed by atoms with Crippen LogP contribution in [0.25, 0.3) is 10.8 Å². The molecular formula is C22H18N2O5S. The van der Waals surface area contributed by atoms with Gasteiger partial charge >= 0.3 is 0 Å². The topological polar surface area (TPSA) is 121 Å². The van der Waals surface area contributed by atoms with Gasteiger partial charge in [0.1, 0.15) is 11.5 Å². The number of carbonyl (C=O) groups excluding carboxylic acids is 3. The lowest BCUT2D eigenvalue weighted by molar-refractivity contribution is 0.0705. The molecule has 1 aromatic heterocycles. The monoisotopic (exact) mass is 422 g/mol. The van der Waals surface area contributed by atoms with Crippen LogP contribution in [0, 0.1) is 0 Å². The Labute approximate surface area is 175 Å². The maximum absolute atomic E-state index is 13.4. The molecule has 2 heterocycles. The number of rotatable bonds is 1. The van der Waals surface area contributed by atoms with Crippen molar-refractivity contribution in [2.24, 2.45) is 5.73 Å². The number of amides is 1. The Bertz CT molecular complexity index is 1260. The minimum Gasteiger partial charge on any atom is -0.506 e. The highest BCUT2D eigenvalue weighted by Gasteiger charge is 2.40. The van der Waals surface area contributed by atoms with Gasteiger partial charge in [0.15, 0.2) is 5.78 Å². The molecule has 1 aliphatic carbocycles. The first-order valence-corrected chi connectivity index (χ1v) is 10.5. The van der Waals surface area contributed by atoms with Crippen molar-refractivity contribution in [2.75, 3.05) is 13.1 Å². The minimum atomic E-state index is -0.635. The fraction of sp³-hybridized carbons (Fsp3) is 0.227. The summed E-state index contributed by atoms with van der Waals surface area (Å²) < 4.78 is 0. The molecule has 0 bridgehead atoms. The van der Waals surface area contributed by atoms with Gasteiger partial charge in [-0.25, -0.2) is 0 Å². The lowest BCUT2D eigenvalue weighted by atomic mass is 9.83. The van der Waals surface area contributed by atoms with Crippen LogP contribution in [-0.2, 0) is 0 Å². The summed E-state index contributed by atoms with van der Waals surface area (Å²) in [6.45, 7) is 0.922. The van der Waals surface area contributed by atoms with Gasteiger partial charge in [-0.3, -0.25) is 14.4 Å². The van der Waals surface area contributed by atoms with Crippen LogP contribution in [0.15, 0.2) is 29.6 Å². The van der Waals surface area contributed by atoms with E-state index < -0.39 is 11.6 Å². The zero-order valence-electron chi connectivity index (χ0n) is 15.8. The van der Waals surface area contributed by atoms with E-state index in [1.54, 1.807) is 29.2 Å². The number of ketones is 2. The van der Waals surface area contributed by atoms with E-state index in [2.05, 4.69) is 0 Å². The molecule has 0 saturated carbocycles. The highest BCUT2D eigenvalue weighted by atomic mass is 32.1. The van der Waals surface area contributed by atoms with E-state index in [1.165, 1.54) is 5.38 Å². The SMILES string of the molecule is NC1CCCN(C(=O)c2csc3c2C(=O)c2c(c(O)c4ccccc4c2O)C3=O)C1. The van der Waals surface area contributed by atoms with Crippen molar-refractivity contribution in [1.29, 1.82) is 0 Å². The average molecular weight is 422 g/mol. The number of nitrogens with two attached hydrogens (primary N) is 1. The standard InChI is InChI=1S/C22H18N2O5S/c23-10-4-3-7-24(8-10)22(29)13-9-30-21-14(13)19(27)15-16(20(21)28)18(26)12-6-2-1-5-11(12)17(15)25/h1-2,5-6,9-10,25-26H,3-4,7-8,23H2. The summed E-state index contributed by atoms with van der Waals surface area (Å²) in [5.74, 6) is -2.27. The lowest BCUT2D eigenvalue weighted by Gasteiger charge is -2.31. The molecular weight excluding hydrogens is 404 g/mol. The molecule has 7 nitrogen and oxygen atoms in total. The van der Waals surface area contributed by atoms with Gasteiger partial charge < -0.3 is 20.8 Å². The van der Waals surface area contributed by atoms with Crippen LogP contribution in [0.5, 0.6) is 11.5 Å². The number of piperidine rings is 1. The van der Waals surface area contributed by atoms with Crippen molar-refractivity contribution < 1.29 is 24.6 Å². The molecule has 4 N–H and O–H groups in total. The molecule has 1 atom stereocenters. The average Bonchev–Trinajstić information content (AvgIpc) is 3.20. The predicted octanol–water partition coefficient (Wildman–Crippen LogP) is 2.65. The highest BCUT2D eigenvalue weighted by Crippen LogP contribution is 2.46. The maximum Gasteiger partial charge on any atom is 0.255 e.